The molecule has 0 aromatic heterocycles. The van der Waals surface area contributed by atoms with E-state index in [1.54, 1.807) is 0 Å². The Labute approximate surface area is 352 Å². The molecule has 59 heavy (non-hydrogen) atoms. The molecule has 0 aliphatic rings. The molecule has 0 saturated heterocycles. The number of anilines is 7. The second-order valence-electron chi connectivity index (χ2n) is 11.9. The monoisotopic (exact) mass is 887 g/mol. The molecular formula is C37H29Cl4N7O11. The van der Waals surface area contributed by atoms with Gasteiger partial charge in [-0.1, -0.05) is 0 Å². The Hall–Kier alpha value is -6.73. The molecule has 4 aromatic rings. The fourth-order valence-electron chi connectivity index (χ4n) is 5.04. The van der Waals surface area contributed by atoms with Crippen LogP contribution in [-0.2, 0) is 19.2 Å². The molecule has 0 radical (unpaired) electrons. The van der Waals surface area contributed by atoms with E-state index in [0.717, 1.165) is 18.2 Å². The van der Waals surface area contributed by atoms with Crippen molar-refractivity contribution >= 4 is 140 Å². The third-order valence-corrected chi connectivity index (χ3v) is 8.38. The Kier molecular flexibility index (Phi) is 15.7. The molecule has 0 aliphatic heterocycles. The predicted molar refractivity (Wildman–Crippen MR) is 221 cm³/mol. The minimum atomic E-state index is -1.48. The highest BCUT2D eigenvalue weighted by Crippen LogP contribution is 2.26. The SMILES string of the molecule is O=C(CCl)Nc1cc(NC(=O)CCl)cc(C(=O)Nc2cc(NC(=O)c3cc(NC(=O)CCl)cc(NC(=O)CCl)c3)cc(C(=O)Nc3cc(C(=O)O)cc(C(=O)O)c3)c2)c1. The highest BCUT2D eigenvalue weighted by molar-refractivity contribution is 6.30. The van der Waals surface area contributed by atoms with Gasteiger partial charge >= 0.3 is 11.9 Å². The molecule has 0 bridgehead atoms. The van der Waals surface area contributed by atoms with Crippen LogP contribution < -0.4 is 37.2 Å². The zero-order chi connectivity index (χ0) is 43.4. The highest BCUT2D eigenvalue weighted by atomic mass is 35.5. The molecule has 0 unspecified atom stereocenters. The van der Waals surface area contributed by atoms with Crippen LogP contribution >= 0.6 is 46.4 Å². The Morgan fingerprint density at radius 3 is 0.746 bits per heavy atom. The first-order chi connectivity index (χ1) is 28.0. The normalized spacial score (nSPS) is 10.4. The molecule has 7 amide bonds. The maximum atomic E-state index is 13.7. The molecule has 306 valence electrons. The van der Waals surface area contributed by atoms with E-state index in [0.29, 0.717) is 0 Å². The number of nitrogens with one attached hydrogen (secondary N) is 7. The molecule has 0 saturated carbocycles. The summed E-state index contributed by atoms with van der Waals surface area (Å²) in [6.45, 7) is 0. The van der Waals surface area contributed by atoms with Gasteiger partial charge in [0.15, 0.2) is 0 Å². The van der Waals surface area contributed by atoms with Gasteiger partial charge in [-0.2, -0.15) is 0 Å². The summed E-state index contributed by atoms with van der Waals surface area (Å²) in [6.07, 6.45) is 0. The minimum Gasteiger partial charge on any atom is -0.478 e. The van der Waals surface area contributed by atoms with Crippen LogP contribution in [-0.4, -0.2) is 87.0 Å². The van der Waals surface area contributed by atoms with Crippen LogP contribution in [0, 0.1) is 0 Å². The molecule has 18 nitrogen and oxygen atoms in total. The van der Waals surface area contributed by atoms with Gasteiger partial charge in [0.25, 0.3) is 17.7 Å². The number of alkyl halides is 4. The van der Waals surface area contributed by atoms with Crippen LogP contribution in [0.5, 0.6) is 0 Å². The average molecular weight is 889 g/mol. The standard InChI is InChI=1S/C37H29Cl4N7O11/c38-13-29(49)42-23-2-17(3-24(10-23)43-30(50)14-39)34(54)47-27-6-19(33(53)46-22-8-20(36(56)57)1-21(9-22)37(58)59)7-28(12-27)48-35(55)18-4-25(44-31(51)15-40)11-26(5-18)45-32(52)16-41/h1-12H,13-16H2,(H,42,49)(H,43,50)(H,44,51)(H,45,52)(H,46,53)(H,47,54)(H,48,55)(H,56,57)(H,58,59). The summed E-state index contributed by atoms with van der Waals surface area (Å²) in [5, 5.41) is 36.4. The van der Waals surface area contributed by atoms with Crippen molar-refractivity contribution in [3.05, 3.63) is 101 Å². The second kappa shape index (κ2) is 20.6. The number of aromatic carboxylic acids is 2. The van der Waals surface area contributed by atoms with Gasteiger partial charge in [-0.25, -0.2) is 9.59 Å². The molecule has 22 heteroatoms. The van der Waals surface area contributed by atoms with Crippen LogP contribution in [0.1, 0.15) is 51.8 Å². The van der Waals surface area contributed by atoms with E-state index in [4.69, 9.17) is 46.4 Å². The first-order valence-electron chi connectivity index (χ1n) is 16.4. The van der Waals surface area contributed by atoms with Crippen LogP contribution in [0.15, 0.2) is 72.8 Å². The minimum absolute atomic E-state index is 0.0599. The maximum absolute atomic E-state index is 13.7. The summed E-state index contributed by atoms with van der Waals surface area (Å²) in [7, 11) is 0. The van der Waals surface area contributed by atoms with Gasteiger partial charge < -0.3 is 47.4 Å². The average Bonchev–Trinajstić information content (AvgIpc) is 3.19. The van der Waals surface area contributed by atoms with Crippen LogP contribution in [0.3, 0.4) is 0 Å². The van der Waals surface area contributed by atoms with Gasteiger partial charge in [-0.05, 0) is 72.8 Å². The van der Waals surface area contributed by atoms with E-state index in [2.05, 4.69) is 37.2 Å². The number of carbonyl (C=O) groups excluding carboxylic acids is 7. The zero-order valence-corrected chi connectivity index (χ0v) is 32.9. The smallest absolute Gasteiger partial charge is 0.335 e. The summed E-state index contributed by atoms with van der Waals surface area (Å²) < 4.78 is 0. The van der Waals surface area contributed by atoms with Crippen molar-refractivity contribution in [2.24, 2.45) is 0 Å². The molecular weight excluding hydrogens is 860 g/mol. The van der Waals surface area contributed by atoms with Crippen molar-refractivity contribution in [3.63, 3.8) is 0 Å². The number of carbonyl (C=O) groups is 9. The lowest BCUT2D eigenvalue weighted by molar-refractivity contribution is -0.114. The molecule has 0 heterocycles. The summed E-state index contributed by atoms with van der Waals surface area (Å²) >= 11 is 22.5. The number of amides is 7. The summed E-state index contributed by atoms with van der Waals surface area (Å²) in [6, 6.07) is 14.2. The lowest BCUT2D eigenvalue weighted by Crippen LogP contribution is -2.19. The van der Waals surface area contributed by atoms with E-state index in [1.807, 2.05) is 0 Å². The van der Waals surface area contributed by atoms with Crippen LogP contribution in [0.25, 0.3) is 0 Å². The first kappa shape index (κ1) is 45.0. The molecule has 0 atom stereocenters. The number of benzene rings is 4. The Morgan fingerprint density at radius 1 is 0.322 bits per heavy atom. The van der Waals surface area contributed by atoms with E-state index >= 15 is 0 Å². The predicted octanol–water partition coefficient (Wildman–Crippen LogP) is 5.55. The maximum Gasteiger partial charge on any atom is 0.335 e. The lowest BCUT2D eigenvalue weighted by Gasteiger charge is -2.15. The van der Waals surface area contributed by atoms with Crippen LogP contribution in [0.4, 0.5) is 39.8 Å². The van der Waals surface area contributed by atoms with Crippen molar-refractivity contribution in [2.45, 2.75) is 0 Å². The molecule has 0 fully saturated rings. The first-order valence-corrected chi connectivity index (χ1v) is 18.6. The largest absolute Gasteiger partial charge is 0.478 e. The van der Waals surface area contributed by atoms with Gasteiger partial charge in [-0.3, -0.25) is 33.6 Å². The Bertz CT molecular complexity index is 2170. The number of halogens is 4. The topological polar surface area (TPSA) is 278 Å². The number of hydrogen-bond donors (Lipinski definition) is 9. The number of hydrogen-bond acceptors (Lipinski definition) is 9. The Morgan fingerprint density at radius 2 is 0.525 bits per heavy atom. The fraction of sp³-hybridized carbons (Fsp3) is 0.108. The molecule has 0 spiro atoms. The van der Waals surface area contributed by atoms with E-state index in [9.17, 15) is 53.4 Å². The van der Waals surface area contributed by atoms with Gasteiger partial charge in [0.1, 0.15) is 23.5 Å². The lowest BCUT2D eigenvalue weighted by atomic mass is 10.1. The molecule has 0 aliphatic carbocycles. The van der Waals surface area contributed by atoms with Crippen LogP contribution in [0.2, 0.25) is 0 Å². The molecule has 4 rings (SSSR count). The third-order valence-electron chi connectivity index (χ3n) is 7.41. The van der Waals surface area contributed by atoms with Gasteiger partial charge in [0, 0.05) is 56.5 Å². The fourth-order valence-corrected chi connectivity index (χ4v) is 5.31. The number of rotatable bonds is 16. The second-order valence-corrected chi connectivity index (χ2v) is 13.0. The molecule has 9 N–H and O–H groups in total. The van der Waals surface area contributed by atoms with Crippen molar-refractivity contribution < 1.29 is 53.4 Å². The highest BCUT2D eigenvalue weighted by Gasteiger charge is 2.19. The quantitative estimate of drug-likeness (QED) is 0.0629. The number of carboxylic acid groups (broad SMARTS) is 2. The van der Waals surface area contributed by atoms with Crippen molar-refractivity contribution in [1.29, 1.82) is 0 Å². The summed E-state index contributed by atoms with van der Waals surface area (Å²) in [4.78, 5) is 113. The van der Waals surface area contributed by atoms with Gasteiger partial charge in [-0.15, -0.1) is 46.4 Å². The summed E-state index contributed by atoms with van der Waals surface area (Å²) in [5.74, 6) is -9.90. The van der Waals surface area contributed by atoms with E-state index in [1.165, 1.54) is 54.6 Å². The van der Waals surface area contributed by atoms with Crippen molar-refractivity contribution in [2.75, 3.05) is 60.7 Å². The third kappa shape index (κ3) is 13.2. The van der Waals surface area contributed by atoms with Gasteiger partial charge in [0.05, 0.1) is 11.1 Å². The zero-order valence-electron chi connectivity index (χ0n) is 29.8. The van der Waals surface area contributed by atoms with Crippen molar-refractivity contribution in [3.8, 4) is 0 Å². The molecule has 4 aromatic carbocycles. The van der Waals surface area contributed by atoms with E-state index in [-0.39, 0.29) is 56.5 Å². The summed E-state index contributed by atoms with van der Waals surface area (Å²) in [5.41, 5.74) is -1.65. The van der Waals surface area contributed by atoms with Gasteiger partial charge in [0.2, 0.25) is 23.6 Å². The van der Waals surface area contributed by atoms with Crippen molar-refractivity contribution in [1.82, 2.24) is 0 Å². The van der Waals surface area contributed by atoms with E-state index < -0.39 is 87.9 Å². The Balaban J connectivity index is 1.78. The number of carboxylic acids is 2.